The molecular formula is C13H19FN2OS. The highest BCUT2D eigenvalue weighted by molar-refractivity contribution is 7.80. The fraction of sp³-hybridized carbons (Fsp3) is 0.462. The Kier molecular flexibility index (Phi) is 4.76. The molecule has 0 bridgehead atoms. The molecule has 0 fully saturated rings. The van der Waals surface area contributed by atoms with Gasteiger partial charge >= 0.3 is 0 Å². The zero-order chi connectivity index (χ0) is 13.9. The highest BCUT2D eigenvalue weighted by Crippen LogP contribution is 2.14. The lowest BCUT2D eigenvalue weighted by atomic mass is 10.0. The second kappa shape index (κ2) is 5.71. The molecule has 1 amide bonds. The molecule has 0 spiro atoms. The zero-order valence-corrected chi connectivity index (χ0v) is 12.0. The van der Waals surface area contributed by atoms with Gasteiger partial charge in [-0.1, -0.05) is 0 Å². The normalized spacial score (nSPS) is 11.7. The van der Waals surface area contributed by atoms with Crippen LogP contribution in [0.1, 0.15) is 24.2 Å². The van der Waals surface area contributed by atoms with Gasteiger partial charge in [-0.05, 0) is 46.1 Å². The summed E-state index contributed by atoms with van der Waals surface area (Å²) in [5.41, 5.74) is 0.274. The number of nitrogens with zero attached hydrogens (tertiary/aromatic N) is 1. The SMILES string of the molecule is CN(C)C(C)(C)CNC(=O)c1ccc(F)c(S)c1. The summed E-state index contributed by atoms with van der Waals surface area (Å²) in [6, 6.07) is 4.12. The first-order valence-corrected chi connectivity index (χ1v) is 6.13. The molecule has 1 N–H and O–H groups in total. The van der Waals surface area contributed by atoms with Crippen molar-refractivity contribution in [3.63, 3.8) is 0 Å². The Labute approximate surface area is 113 Å². The molecule has 0 aliphatic heterocycles. The number of benzene rings is 1. The van der Waals surface area contributed by atoms with Crippen molar-refractivity contribution in [1.82, 2.24) is 10.2 Å². The van der Waals surface area contributed by atoms with Crippen LogP contribution in [-0.4, -0.2) is 37.0 Å². The standard InChI is InChI=1S/C13H19FN2OS/c1-13(2,16(3)4)8-15-12(17)9-5-6-10(14)11(18)7-9/h5-7,18H,8H2,1-4H3,(H,15,17). The first-order chi connectivity index (χ1) is 8.24. The predicted molar refractivity (Wildman–Crippen MR) is 73.8 cm³/mol. The third-order valence-corrected chi connectivity index (χ3v) is 3.44. The van der Waals surface area contributed by atoms with E-state index in [0.717, 1.165) is 0 Å². The lowest BCUT2D eigenvalue weighted by Crippen LogP contribution is -2.48. The van der Waals surface area contributed by atoms with Crippen LogP contribution in [0, 0.1) is 5.82 Å². The minimum atomic E-state index is -0.427. The number of likely N-dealkylation sites (N-methyl/N-ethyl adjacent to an activating group) is 1. The molecule has 0 aliphatic rings. The molecule has 0 saturated heterocycles. The van der Waals surface area contributed by atoms with E-state index in [1.54, 1.807) is 0 Å². The van der Waals surface area contributed by atoms with Crippen LogP contribution < -0.4 is 5.32 Å². The van der Waals surface area contributed by atoms with Gasteiger partial charge in [-0.25, -0.2) is 4.39 Å². The summed E-state index contributed by atoms with van der Waals surface area (Å²) in [5, 5.41) is 2.83. The molecule has 0 atom stereocenters. The monoisotopic (exact) mass is 270 g/mol. The number of hydrogen-bond donors (Lipinski definition) is 2. The third-order valence-electron chi connectivity index (χ3n) is 3.10. The summed E-state index contributed by atoms with van der Waals surface area (Å²) in [6.07, 6.45) is 0. The van der Waals surface area contributed by atoms with Gasteiger partial charge in [0.15, 0.2) is 0 Å². The highest BCUT2D eigenvalue weighted by atomic mass is 32.1. The van der Waals surface area contributed by atoms with Gasteiger partial charge in [-0.15, -0.1) is 12.6 Å². The van der Waals surface area contributed by atoms with Gasteiger partial charge in [0.2, 0.25) is 0 Å². The van der Waals surface area contributed by atoms with E-state index < -0.39 is 5.82 Å². The quantitative estimate of drug-likeness (QED) is 0.822. The van der Waals surface area contributed by atoms with Gasteiger partial charge in [-0.2, -0.15) is 0 Å². The lowest BCUT2D eigenvalue weighted by Gasteiger charge is -2.32. The average molecular weight is 270 g/mol. The minimum absolute atomic E-state index is 0.139. The van der Waals surface area contributed by atoms with E-state index in [2.05, 4.69) is 17.9 Å². The van der Waals surface area contributed by atoms with E-state index in [1.807, 2.05) is 32.8 Å². The Morgan fingerprint density at radius 3 is 2.56 bits per heavy atom. The average Bonchev–Trinajstić information content (AvgIpc) is 2.29. The molecule has 1 rings (SSSR count). The Morgan fingerprint density at radius 1 is 1.44 bits per heavy atom. The Hall–Kier alpha value is -1.07. The second-order valence-corrected chi connectivity index (χ2v) is 5.54. The van der Waals surface area contributed by atoms with Crippen LogP contribution >= 0.6 is 12.6 Å². The summed E-state index contributed by atoms with van der Waals surface area (Å²) in [5.74, 6) is -0.649. The van der Waals surface area contributed by atoms with Gasteiger partial charge in [0.05, 0.1) is 0 Å². The summed E-state index contributed by atoms with van der Waals surface area (Å²) >= 11 is 3.96. The number of thiol groups is 1. The van der Waals surface area contributed by atoms with E-state index >= 15 is 0 Å². The van der Waals surface area contributed by atoms with Gasteiger partial charge in [-0.3, -0.25) is 4.79 Å². The molecule has 18 heavy (non-hydrogen) atoms. The van der Waals surface area contributed by atoms with Crippen LogP contribution in [0.4, 0.5) is 4.39 Å². The maximum atomic E-state index is 13.0. The fourth-order valence-electron chi connectivity index (χ4n) is 1.21. The smallest absolute Gasteiger partial charge is 0.251 e. The first-order valence-electron chi connectivity index (χ1n) is 5.68. The largest absolute Gasteiger partial charge is 0.350 e. The molecule has 0 radical (unpaired) electrons. The van der Waals surface area contributed by atoms with Gasteiger partial charge in [0.1, 0.15) is 5.82 Å². The zero-order valence-electron chi connectivity index (χ0n) is 11.1. The van der Waals surface area contributed by atoms with Crippen LogP contribution in [-0.2, 0) is 0 Å². The number of carbonyl (C=O) groups is 1. The van der Waals surface area contributed by atoms with Crippen LogP contribution in [0.25, 0.3) is 0 Å². The Balaban J connectivity index is 2.69. The first kappa shape index (κ1) is 15.0. The van der Waals surface area contributed by atoms with Gasteiger partial charge < -0.3 is 10.2 Å². The maximum absolute atomic E-state index is 13.0. The predicted octanol–water partition coefficient (Wildman–Crippen LogP) is 2.18. The van der Waals surface area contributed by atoms with Gasteiger partial charge in [0.25, 0.3) is 5.91 Å². The van der Waals surface area contributed by atoms with E-state index in [-0.39, 0.29) is 16.3 Å². The van der Waals surface area contributed by atoms with Crippen molar-refractivity contribution in [2.24, 2.45) is 0 Å². The molecule has 0 saturated carbocycles. The van der Waals surface area contributed by atoms with Crippen LogP contribution in [0.15, 0.2) is 23.1 Å². The lowest BCUT2D eigenvalue weighted by molar-refractivity contribution is 0.0919. The molecule has 1 aromatic rings. The summed E-state index contributed by atoms with van der Waals surface area (Å²) < 4.78 is 13.0. The second-order valence-electron chi connectivity index (χ2n) is 5.06. The van der Waals surface area contributed by atoms with Crippen molar-refractivity contribution in [2.75, 3.05) is 20.6 Å². The molecule has 0 unspecified atom stereocenters. The number of rotatable bonds is 4. The fourth-order valence-corrected chi connectivity index (χ4v) is 1.42. The molecule has 5 heteroatoms. The molecule has 0 aliphatic carbocycles. The summed E-state index contributed by atoms with van der Waals surface area (Å²) in [7, 11) is 3.91. The number of hydrogen-bond acceptors (Lipinski definition) is 3. The maximum Gasteiger partial charge on any atom is 0.251 e. The van der Waals surface area contributed by atoms with Crippen molar-refractivity contribution < 1.29 is 9.18 Å². The van der Waals surface area contributed by atoms with Crippen molar-refractivity contribution in [1.29, 1.82) is 0 Å². The summed E-state index contributed by atoms with van der Waals surface area (Å²) in [6.45, 7) is 4.57. The molecule has 0 heterocycles. The van der Waals surface area contributed by atoms with Crippen molar-refractivity contribution in [3.05, 3.63) is 29.6 Å². The third kappa shape index (κ3) is 3.71. The molecule has 1 aromatic carbocycles. The Morgan fingerprint density at radius 2 is 2.06 bits per heavy atom. The number of carbonyl (C=O) groups excluding carboxylic acids is 1. The number of nitrogens with one attached hydrogen (secondary N) is 1. The minimum Gasteiger partial charge on any atom is -0.350 e. The number of halogens is 1. The van der Waals surface area contributed by atoms with Crippen molar-refractivity contribution in [2.45, 2.75) is 24.3 Å². The molecular weight excluding hydrogens is 251 g/mol. The van der Waals surface area contributed by atoms with Crippen LogP contribution in [0.2, 0.25) is 0 Å². The molecule has 100 valence electrons. The Bertz CT molecular complexity index is 447. The van der Waals surface area contributed by atoms with E-state index in [0.29, 0.717) is 12.1 Å². The van der Waals surface area contributed by atoms with Gasteiger partial charge in [0, 0.05) is 22.5 Å². The van der Waals surface area contributed by atoms with Crippen molar-refractivity contribution >= 4 is 18.5 Å². The van der Waals surface area contributed by atoms with E-state index in [9.17, 15) is 9.18 Å². The van der Waals surface area contributed by atoms with Crippen LogP contribution in [0.3, 0.4) is 0 Å². The summed E-state index contributed by atoms with van der Waals surface area (Å²) in [4.78, 5) is 14.1. The van der Waals surface area contributed by atoms with E-state index in [4.69, 9.17) is 0 Å². The topological polar surface area (TPSA) is 32.3 Å². The van der Waals surface area contributed by atoms with Crippen LogP contribution in [0.5, 0.6) is 0 Å². The molecule has 3 nitrogen and oxygen atoms in total. The van der Waals surface area contributed by atoms with Crippen molar-refractivity contribution in [3.8, 4) is 0 Å². The molecule has 0 aromatic heterocycles. The van der Waals surface area contributed by atoms with E-state index in [1.165, 1.54) is 18.2 Å². The number of amides is 1. The highest BCUT2D eigenvalue weighted by Gasteiger charge is 2.21.